The molecule has 1 aromatic carbocycles. The van der Waals surface area contributed by atoms with Crippen LogP contribution in [0.5, 0.6) is 0 Å². The SMILES string of the molecule is O=C1C(N2CCCC(F)C2)CCN1Cc1ccc(Cl)c(Cl)c1. The molecule has 0 spiro atoms. The number of likely N-dealkylation sites (tertiary alicyclic amines) is 2. The van der Waals surface area contributed by atoms with E-state index in [4.69, 9.17) is 23.2 Å². The van der Waals surface area contributed by atoms with Crippen molar-refractivity contribution in [2.24, 2.45) is 0 Å². The number of halogens is 3. The molecule has 2 fully saturated rings. The van der Waals surface area contributed by atoms with Gasteiger partial charge in [-0.1, -0.05) is 29.3 Å². The molecular weight excluding hydrogens is 326 g/mol. The number of amides is 1. The number of piperidine rings is 1. The summed E-state index contributed by atoms with van der Waals surface area (Å²) in [6.45, 7) is 2.44. The maximum Gasteiger partial charge on any atom is 0.240 e. The first-order valence-electron chi connectivity index (χ1n) is 7.65. The van der Waals surface area contributed by atoms with Gasteiger partial charge in [0.25, 0.3) is 0 Å². The van der Waals surface area contributed by atoms with Crippen LogP contribution in [-0.2, 0) is 11.3 Å². The van der Waals surface area contributed by atoms with Crippen LogP contribution in [0.25, 0.3) is 0 Å². The number of rotatable bonds is 3. The lowest BCUT2D eigenvalue weighted by atomic mass is 10.1. The van der Waals surface area contributed by atoms with Crippen molar-refractivity contribution < 1.29 is 9.18 Å². The van der Waals surface area contributed by atoms with Crippen molar-refractivity contribution in [1.29, 1.82) is 0 Å². The minimum Gasteiger partial charge on any atom is -0.337 e. The van der Waals surface area contributed by atoms with Crippen LogP contribution in [0.3, 0.4) is 0 Å². The summed E-state index contributed by atoms with van der Waals surface area (Å²) < 4.78 is 13.5. The Morgan fingerprint density at radius 3 is 2.73 bits per heavy atom. The predicted octanol–water partition coefficient (Wildman–Crippen LogP) is 3.53. The van der Waals surface area contributed by atoms with E-state index in [0.717, 1.165) is 24.9 Å². The van der Waals surface area contributed by atoms with E-state index in [1.165, 1.54) is 0 Å². The third-order valence-corrected chi connectivity index (χ3v) is 5.20. The summed E-state index contributed by atoms with van der Waals surface area (Å²) in [7, 11) is 0. The van der Waals surface area contributed by atoms with Gasteiger partial charge in [0.1, 0.15) is 6.17 Å². The molecule has 6 heteroatoms. The molecular formula is C16H19Cl2FN2O. The molecule has 0 aromatic heterocycles. The number of nitrogens with zero attached hydrogens (tertiary/aromatic N) is 2. The second-order valence-corrected chi connectivity index (χ2v) is 6.86. The van der Waals surface area contributed by atoms with Gasteiger partial charge in [-0.05, 0) is 43.5 Å². The van der Waals surface area contributed by atoms with Gasteiger partial charge in [0.2, 0.25) is 5.91 Å². The Morgan fingerprint density at radius 2 is 2.00 bits per heavy atom. The normalized spacial score (nSPS) is 26.7. The monoisotopic (exact) mass is 344 g/mol. The molecule has 2 unspecified atom stereocenters. The molecule has 0 saturated carbocycles. The second-order valence-electron chi connectivity index (χ2n) is 6.05. The van der Waals surface area contributed by atoms with Gasteiger partial charge in [0.05, 0.1) is 16.1 Å². The summed E-state index contributed by atoms with van der Waals surface area (Å²) in [5.41, 5.74) is 0.963. The van der Waals surface area contributed by atoms with Crippen LogP contribution >= 0.6 is 23.2 Å². The lowest BCUT2D eigenvalue weighted by Crippen LogP contribution is -2.47. The smallest absolute Gasteiger partial charge is 0.240 e. The van der Waals surface area contributed by atoms with Gasteiger partial charge in [-0.3, -0.25) is 9.69 Å². The molecule has 120 valence electrons. The number of carbonyl (C=O) groups is 1. The van der Waals surface area contributed by atoms with Crippen LogP contribution in [0.2, 0.25) is 10.0 Å². The van der Waals surface area contributed by atoms with Crippen LogP contribution in [0.1, 0.15) is 24.8 Å². The zero-order chi connectivity index (χ0) is 15.7. The largest absolute Gasteiger partial charge is 0.337 e. The fourth-order valence-electron chi connectivity index (χ4n) is 3.31. The molecule has 0 bridgehead atoms. The third kappa shape index (κ3) is 3.39. The van der Waals surface area contributed by atoms with E-state index in [0.29, 0.717) is 36.1 Å². The van der Waals surface area contributed by atoms with Crippen molar-refractivity contribution >= 4 is 29.1 Å². The molecule has 3 nitrogen and oxygen atoms in total. The van der Waals surface area contributed by atoms with E-state index in [-0.39, 0.29) is 11.9 Å². The van der Waals surface area contributed by atoms with E-state index in [1.807, 2.05) is 15.9 Å². The van der Waals surface area contributed by atoms with Gasteiger partial charge in [-0.15, -0.1) is 0 Å². The molecule has 1 amide bonds. The predicted molar refractivity (Wildman–Crippen MR) is 86.0 cm³/mol. The molecule has 3 rings (SSSR count). The van der Waals surface area contributed by atoms with E-state index in [1.54, 1.807) is 12.1 Å². The number of hydrogen-bond donors (Lipinski definition) is 0. The highest BCUT2D eigenvalue weighted by Crippen LogP contribution is 2.26. The molecule has 2 heterocycles. The molecule has 2 aliphatic heterocycles. The van der Waals surface area contributed by atoms with Crippen molar-refractivity contribution in [1.82, 2.24) is 9.80 Å². The Morgan fingerprint density at radius 1 is 1.18 bits per heavy atom. The average Bonchev–Trinajstić information content (AvgIpc) is 2.84. The number of alkyl halides is 1. The van der Waals surface area contributed by atoms with Crippen LogP contribution in [-0.4, -0.2) is 47.6 Å². The number of hydrogen-bond acceptors (Lipinski definition) is 2. The Bertz CT molecular complexity index is 569. The topological polar surface area (TPSA) is 23.6 Å². The van der Waals surface area contributed by atoms with Crippen molar-refractivity contribution in [2.75, 3.05) is 19.6 Å². The molecule has 2 saturated heterocycles. The van der Waals surface area contributed by atoms with Gasteiger partial charge in [-0.25, -0.2) is 4.39 Å². The Hall–Kier alpha value is -0.840. The summed E-state index contributed by atoms with van der Waals surface area (Å²) >= 11 is 11.9. The van der Waals surface area contributed by atoms with Crippen LogP contribution in [0.4, 0.5) is 4.39 Å². The minimum absolute atomic E-state index is 0.0974. The molecule has 2 aliphatic rings. The second kappa shape index (κ2) is 6.73. The highest BCUT2D eigenvalue weighted by atomic mass is 35.5. The summed E-state index contributed by atoms with van der Waals surface area (Å²) in [4.78, 5) is 16.4. The van der Waals surface area contributed by atoms with E-state index in [9.17, 15) is 9.18 Å². The lowest BCUT2D eigenvalue weighted by Gasteiger charge is -2.32. The average molecular weight is 345 g/mol. The van der Waals surface area contributed by atoms with Crippen LogP contribution in [0, 0.1) is 0 Å². The van der Waals surface area contributed by atoms with E-state index < -0.39 is 6.17 Å². The zero-order valence-electron chi connectivity index (χ0n) is 12.3. The summed E-state index contributed by atoms with van der Waals surface area (Å²) in [5.74, 6) is 0.0974. The van der Waals surface area contributed by atoms with Crippen molar-refractivity contribution in [2.45, 2.75) is 38.0 Å². The highest BCUT2D eigenvalue weighted by Gasteiger charge is 2.37. The first kappa shape index (κ1) is 16.0. The fraction of sp³-hybridized carbons (Fsp3) is 0.562. The van der Waals surface area contributed by atoms with E-state index in [2.05, 4.69) is 0 Å². The first-order chi connectivity index (χ1) is 10.5. The van der Waals surface area contributed by atoms with Gasteiger partial charge >= 0.3 is 0 Å². The number of carbonyl (C=O) groups excluding carboxylic acids is 1. The summed E-state index contributed by atoms with van der Waals surface area (Å²) in [6.07, 6.45) is 1.42. The molecule has 0 aliphatic carbocycles. The summed E-state index contributed by atoms with van der Waals surface area (Å²) in [6, 6.07) is 5.26. The molecule has 0 N–H and O–H groups in total. The Balaban J connectivity index is 1.64. The lowest BCUT2D eigenvalue weighted by molar-refractivity contribution is -0.133. The van der Waals surface area contributed by atoms with Crippen LogP contribution < -0.4 is 0 Å². The molecule has 0 radical (unpaired) electrons. The minimum atomic E-state index is -0.800. The number of benzene rings is 1. The van der Waals surface area contributed by atoms with Crippen molar-refractivity contribution in [3.05, 3.63) is 33.8 Å². The van der Waals surface area contributed by atoms with E-state index >= 15 is 0 Å². The Kier molecular flexibility index (Phi) is 4.91. The molecule has 2 atom stereocenters. The fourth-order valence-corrected chi connectivity index (χ4v) is 3.63. The standard InChI is InChI=1S/C16H19Cl2FN2O/c17-13-4-3-11(8-14(13)18)9-21-7-5-15(16(21)22)20-6-1-2-12(19)10-20/h3-4,8,12,15H,1-2,5-7,9-10H2. The maximum atomic E-state index is 13.5. The van der Waals surface area contributed by atoms with Crippen molar-refractivity contribution in [3.63, 3.8) is 0 Å². The van der Waals surface area contributed by atoms with Gasteiger partial charge in [0, 0.05) is 19.6 Å². The van der Waals surface area contributed by atoms with Crippen LogP contribution in [0.15, 0.2) is 18.2 Å². The Labute approximate surface area is 140 Å². The zero-order valence-corrected chi connectivity index (χ0v) is 13.8. The first-order valence-corrected chi connectivity index (χ1v) is 8.41. The quantitative estimate of drug-likeness (QED) is 0.837. The maximum absolute atomic E-state index is 13.5. The molecule has 1 aromatic rings. The molecule has 22 heavy (non-hydrogen) atoms. The van der Waals surface area contributed by atoms with Gasteiger partial charge in [0.15, 0.2) is 0 Å². The highest BCUT2D eigenvalue weighted by molar-refractivity contribution is 6.42. The third-order valence-electron chi connectivity index (χ3n) is 4.46. The van der Waals surface area contributed by atoms with Gasteiger partial charge < -0.3 is 4.90 Å². The van der Waals surface area contributed by atoms with Gasteiger partial charge in [-0.2, -0.15) is 0 Å². The van der Waals surface area contributed by atoms with Crippen molar-refractivity contribution in [3.8, 4) is 0 Å². The summed E-state index contributed by atoms with van der Waals surface area (Å²) in [5, 5.41) is 1.01.